The third-order valence-corrected chi connectivity index (χ3v) is 3.43. The van der Waals surface area contributed by atoms with Crippen LogP contribution in [0.5, 0.6) is 0 Å². The van der Waals surface area contributed by atoms with E-state index in [-0.39, 0.29) is 24.5 Å². The number of hydrogen-bond acceptors (Lipinski definition) is 4. The SMILES string of the molecule is CN1CCCC(OC(=O)c2cccs2)C1.Cl. The molecule has 0 saturated carbocycles. The predicted octanol–water partition coefficient (Wildman–Crippen LogP) is 2.42. The smallest absolute Gasteiger partial charge is 0.348 e. The molecular formula is C11H16ClNO2S. The highest BCUT2D eigenvalue weighted by Gasteiger charge is 2.21. The number of halogens is 1. The maximum atomic E-state index is 11.7. The second-order valence-electron chi connectivity index (χ2n) is 3.91. The molecule has 2 heterocycles. The number of likely N-dealkylation sites (N-methyl/N-ethyl adjacent to an activating group) is 1. The van der Waals surface area contributed by atoms with Gasteiger partial charge in [-0.1, -0.05) is 6.07 Å². The van der Waals surface area contributed by atoms with E-state index in [1.165, 1.54) is 11.3 Å². The molecule has 90 valence electrons. The Hall–Kier alpha value is -0.580. The molecule has 0 spiro atoms. The summed E-state index contributed by atoms with van der Waals surface area (Å²) in [5, 5.41) is 1.89. The first-order valence-electron chi connectivity index (χ1n) is 5.19. The van der Waals surface area contributed by atoms with Gasteiger partial charge in [0.2, 0.25) is 0 Å². The van der Waals surface area contributed by atoms with E-state index in [1.54, 1.807) is 6.07 Å². The van der Waals surface area contributed by atoms with E-state index in [0.29, 0.717) is 4.88 Å². The molecule has 1 atom stereocenters. The van der Waals surface area contributed by atoms with E-state index in [9.17, 15) is 4.79 Å². The number of likely N-dealkylation sites (tertiary alicyclic amines) is 1. The minimum atomic E-state index is -0.176. The van der Waals surface area contributed by atoms with Crippen molar-refractivity contribution in [2.45, 2.75) is 18.9 Å². The summed E-state index contributed by atoms with van der Waals surface area (Å²) < 4.78 is 5.44. The molecule has 0 aromatic carbocycles. The van der Waals surface area contributed by atoms with Crippen molar-refractivity contribution in [1.29, 1.82) is 0 Å². The molecule has 0 bridgehead atoms. The number of ether oxygens (including phenoxy) is 1. The molecule has 0 N–H and O–H groups in total. The van der Waals surface area contributed by atoms with Crippen molar-refractivity contribution in [2.75, 3.05) is 20.1 Å². The van der Waals surface area contributed by atoms with Gasteiger partial charge in [0, 0.05) is 6.54 Å². The summed E-state index contributed by atoms with van der Waals surface area (Å²) in [6.07, 6.45) is 2.17. The summed E-state index contributed by atoms with van der Waals surface area (Å²) in [7, 11) is 2.06. The van der Waals surface area contributed by atoms with E-state index in [1.807, 2.05) is 11.4 Å². The molecule has 0 radical (unpaired) electrons. The van der Waals surface area contributed by atoms with Gasteiger partial charge in [-0.05, 0) is 37.9 Å². The van der Waals surface area contributed by atoms with Crippen LogP contribution in [0.15, 0.2) is 17.5 Å². The quantitative estimate of drug-likeness (QED) is 0.766. The van der Waals surface area contributed by atoms with E-state index >= 15 is 0 Å². The van der Waals surface area contributed by atoms with Crippen molar-refractivity contribution in [1.82, 2.24) is 4.90 Å². The van der Waals surface area contributed by atoms with Crippen LogP contribution in [0.2, 0.25) is 0 Å². The molecule has 1 aliphatic rings. The van der Waals surface area contributed by atoms with Crippen LogP contribution in [-0.4, -0.2) is 37.1 Å². The van der Waals surface area contributed by atoms with Gasteiger partial charge in [-0.2, -0.15) is 0 Å². The normalized spacial score (nSPS) is 21.2. The zero-order valence-corrected chi connectivity index (χ0v) is 10.9. The Bertz CT molecular complexity index is 329. The number of nitrogens with zero attached hydrogens (tertiary/aromatic N) is 1. The van der Waals surface area contributed by atoms with E-state index in [0.717, 1.165) is 25.9 Å². The Labute approximate surface area is 106 Å². The first kappa shape index (κ1) is 13.5. The predicted molar refractivity (Wildman–Crippen MR) is 67.5 cm³/mol. The maximum Gasteiger partial charge on any atom is 0.348 e. The second kappa shape index (κ2) is 6.23. The number of carbonyl (C=O) groups excluding carboxylic acids is 1. The highest BCUT2D eigenvalue weighted by Crippen LogP contribution is 2.16. The number of piperidine rings is 1. The fraction of sp³-hybridized carbons (Fsp3) is 0.545. The zero-order valence-electron chi connectivity index (χ0n) is 9.22. The van der Waals surface area contributed by atoms with Crippen LogP contribution < -0.4 is 0 Å². The molecule has 5 heteroatoms. The number of rotatable bonds is 2. The van der Waals surface area contributed by atoms with Gasteiger partial charge in [-0.15, -0.1) is 23.7 Å². The van der Waals surface area contributed by atoms with Gasteiger partial charge in [0.15, 0.2) is 0 Å². The molecule has 0 amide bonds. The summed E-state index contributed by atoms with van der Waals surface area (Å²) in [5.41, 5.74) is 0. The van der Waals surface area contributed by atoms with Crippen molar-refractivity contribution in [3.63, 3.8) is 0 Å². The molecule has 1 saturated heterocycles. The van der Waals surface area contributed by atoms with Gasteiger partial charge < -0.3 is 9.64 Å². The molecule has 0 aliphatic carbocycles. The van der Waals surface area contributed by atoms with Crippen LogP contribution in [-0.2, 0) is 4.74 Å². The lowest BCUT2D eigenvalue weighted by atomic mass is 10.1. The Balaban J connectivity index is 0.00000128. The Morgan fingerprint density at radius 1 is 1.62 bits per heavy atom. The van der Waals surface area contributed by atoms with Crippen molar-refractivity contribution in [3.05, 3.63) is 22.4 Å². The fourth-order valence-electron chi connectivity index (χ4n) is 1.82. The number of esters is 1. The van der Waals surface area contributed by atoms with Crippen LogP contribution in [0.1, 0.15) is 22.5 Å². The van der Waals surface area contributed by atoms with Gasteiger partial charge in [-0.25, -0.2) is 4.79 Å². The molecule has 2 rings (SSSR count). The van der Waals surface area contributed by atoms with E-state index in [4.69, 9.17) is 4.74 Å². The molecular weight excluding hydrogens is 246 g/mol. The number of thiophene rings is 1. The largest absolute Gasteiger partial charge is 0.457 e. The zero-order chi connectivity index (χ0) is 10.7. The summed E-state index contributed by atoms with van der Waals surface area (Å²) in [6.45, 7) is 1.96. The van der Waals surface area contributed by atoms with Crippen molar-refractivity contribution >= 4 is 29.7 Å². The molecule has 1 aromatic rings. The third-order valence-electron chi connectivity index (χ3n) is 2.58. The first-order valence-corrected chi connectivity index (χ1v) is 6.06. The molecule has 1 aromatic heterocycles. The van der Waals surface area contributed by atoms with Crippen LogP contribution in [0.4, 0.5) is 0 Å². The standard InChI is InChI=1S/C11H15NO2S.ClH/c1-12-6-2-4-9(8-12)14-11(13)10-5-3-7-15-10;/h3,5,7,9H,2,4,6,8H2,1H3;1H. The minimum absolute atomic E-state index is 0. The Morgan fingerprint density at radius 2 is 2.44 bits per heavy atom. The molecule has 1 aliphatic heterocycles. The molecule has 1 fully saturated rings. The van der Waals surface area contributed by atoms with Gasteiger partial charge in [0.25, 0.3) is 0 Å². The Kier molecular flexibility index (Phi) is 5.25. The van der Waals surface area contributed by atoms with Crippen LogP contribution in [0.25, 0.3) is 0 Å². The molecule has 3 nitrogen and oxygen atoms in total. The lowest BCUT2D eigenvalue weighted by Crippen LogP contribution is -2.38. The van der Waals surface area contributed by atoms with Crippen LogP contribution in [0, 0.1) is 0 Å². The first-order chi connectivity index (χ1) is 7.25. The summed E-state index contributed by atoms with van der Waals surface area (Å²) >= 11 is 1.43. The van der Waals surface area contributed by atoms with Crippen LogP contribution in [0.3, 0.4) is 0 Å². The van der Waals surface area contributed by atoms with E-state index < -0.39 is 0 Å². The fourth-order valence-corrected chi connectivity index (χ4v) is 2.42. The van der Waals surface area contributed by atoms with Gasteiger partial charge in [0.05, 0.1) is 0 Å². The third kappa shape index (κ3) is 3.47. The van der Waals surface area contributed by atoms with E-state index in [2.05, 4.69) is 11.9 Å². The maximum absolute atomic E-state index is 11.7. The Morgan fingerprint density at radius 3 is 3.06 bits per heavy atom. The average molecular weight is 262 g/mol. The van der Waals surface area contributed by atoms with Crippen molar-refractivity contribution in [3.8, 4) is 0 Å². The summed E-state index contributed by atoms with van der Waals surface area (Å²) in [4.78, 5) is 14.6. The van der Waals surface area contributed by atoms with Crippen molar-refractivity contribution < 1.29 is 9.53 Å². The van der Waals surface area contributed by atoms with Gasteiger partial charge >= 0.3 is 5.97 Å². The summed E-state index contributed by atoms with van der Waals surface area (Å²) in [5.74, 6) is -0.176. The number of hydrogen-bond donors (Lipinski definition) is 0. The lowest BCUT2D eigenvalue weighted by molar-refractivity contribution is 0.0114. The summed E-state index contributed by atoms with van der Waals surface area (Å²) in [6, 6.07) is 3.67. The monoisotopic (exact) mass is 261 g/mol. The van der Waals surface area contributed by atoms with Gasteiger partial charge in [-0.3, -0.25) is 0 Å². The van der Waals surface area contributed by atoms with Crippen LogP contribution >= 0.6 is 23.7 Å². The number of carbonyl (C=O) groups is 1. The topological polar surface area (TPSA) is 29.5 Å². The highest BCUT2D eigenvalue weighted by atomic mass is 35.5. The lowest BCUT2D eigenvalue weighted by Gasteiger charge is -2.29. The highest BCUT2D eigenvalue weighted by molar-refractivity contribution is 7.11. The molecule has 1 unspecified atom stereocenters. The van der Waals surface area contributed by atoms with Crippen molar-refractivity contribution in [2.24, 2.45) is 0 Å². The second-order valence-corrected chi connectivity index (χ2v) is 4.86. The average Bonchev–Trinajstić information content (AvgIpc) is 2.70. The van der Waals surface area contributed by atoms with Gasteiger partial charge in [0.1, 0.15) is 11.0 Å². The minimum Gasteiger partial charge on any atom is -0.457 e. The molecule has 16 heavy (non-hydrogen) atoms.